The topological polar surface area (TPSA) is 76.4 Å². The van der Waals surface area contributed by atoms with Crippen LogP contribution in [0.1, 0.15) is 43.4 Å². The summed E-state index contributed by atoms with van der Waals surface area (Å²) >= 11 is 0. The molecule has 1 aromatic heterocycles. The monoisotopic (exact) mass is 301 g/mol. The molecule has 0 saturated heterocycles. The Bertz CT molecular complexity index is 721. The maximum absolute atomic E-state index is 12.1. The summed E-state index contributed by atoms with van der Waals surface area (Å²) in [7, 11) is 1.51. The van der Waals surface area contributed by atoms with E-state index in [2.05, 4.69) is 10.4 Å². The first-order valence-corrected chi connectivity index (χ1v) is 7.25. The van der Waals surface area contributed by atoms with Crippen molar-refractivity contribution in [3.05, 3.63) is 35.5 Å². The molecule has 0 radical (unpaired) electrons. The van der Waals surface area contributed by atoms with E-state index in [0.29, 0.717) is 12.2 Å². The summed E-state index contributed by atoms with van der Waals surface area (Å²) in [6.07, 6.45) is 2.16. The van der Waals surface area contributed by atoms with Crippen molar-refractivity contribution in [1.29, 1.82) is 0 Å². The molecule has 1 aromatic carbocycles. The van der Waals surface area contributed by atoms with Crippen molar-refractivity contribution in [3.63, 3.8) is 0 Å². The number of methoxy groups -OCH3 is 1. The second-order valence-electron chi connectivity index (χ2n) is 5.72. The number of aromatic nitrogens is 2. The lowest BCUT2D eigenvalue weighted by atomic mass is 9.87. The average Bonchev–Trinajstić information content (AvgIpc) is 2.90. The van der Waals surface area contributed by atoms with E-state index in [1.165, 1.54) is 7.11 Å². The maximum Gasteiger partial charge on any atom is 0.226 e. The number of nitrogens with one attached hydrogen (secondary N) is 1. The molecule has 0 unspecified atom stereocenters. The number of anilines is 1. The number of fused-ring (bicyclic) bond motifs is 1. The molecule has 116 valence electrons. The minimum absolute atomic E-state index is 0.0352. The van der Waals surface area contributed by atoms with Crippen LogP contribution in [0.3, 0.4) is 0 Å². The maximum atomic E-state index is 12.1. The van der Waals surface area contributed by atoms with Crippen molar-refractivity contribution in [2.24, 2.45) is 0 Å². The van der Waals surface area contributed by atoms with Gasteiger partial charge < -0.3 is 15.2 Å². The van der Waals surface area contributed by atoms with E-state index < -0.39 is 0 Å². The summed E-state index contributed by atoms with van der Waals surface area (Å²) < 4.78 is 6.98. The van der Waals surface area contributed by atoms with Crippen LogP contribution in [0.25, 0.3) is 0 Å². The molecule has 0 bridgehead atoms. The number of benzene rings is 1. The van der Waals surface area contributed by atoms with Crippen LogP contribution in [-0.4, -0.2) is 27.9 Å². The molecule has 1 aliphatic heterocycles. The van der Waals surface area contributed by atoms with Crippen LogP contribution in [-0.2, 0) is 4.79 Å². The number of aromatic hydroxyl groups is 1. The van der Waals surface area contributed by atoms with Crippen LogP contribution in [0.15, 0.2) is 24.4 Å². The quantitative estimate of drug-likeness (QED) is 0.913. The Labute approximate surface area is 128 Å². The van der Waals surface area contributed by atoms with Gasteiger partial charge in [0.05, 0.1) is 13.3 Å². The zero-order valence-corrected chi connectivity index (χ0v) is 12.8. The van der Waals surface area contributed by atoms with Gasteiger partial charge in [-0.3, -0.25) is 4.79 Å². The number of amides is 1. The van der Waals surface area contributed by atoms with E-state index in [0.717, 1.165) is 16.9 Å². The Balaban J connectivity index is 2.08. The predicted octanol–water partition coefficient (Wildman–Crippen LogP) is 2.65. The summed E-state index contributed by atoms with van der Waals surface area (Å²) in [5.41, 5.74) is 1.91. The van der Waals surface area contributed by atoms with E-state index in [-0.39, 0.29) is 23.6 Å². The van der Waals surface area contributed by atoms with Crippen molar-refractivity contribution >= 4 is 11.7 Å². The third kappa shape index (κ3) is 2.30. The minimum atomic E-state index is -0.0919. The number of hydrogen-bond acceptors (Lipinski definition) is 4. The highest BCUT2D eigenvalue weighted by Crippen LogP contribution is 2.40. The third-order valence-electron chi connectivity index (χ3n) is 3.94. The van der Waals surface area contributed by atoms with Gasteiger partial charge in [0.25, 0.3) is 0 Å². The summed E-state index contributed by atoms with van der Waals surface area (Å²) in [5, 5.41) is 17.0. The SMILES string of the molecule is COc1cc([C@@H]2CC(=O)Nc3c2cnn3C(C)C)ccc1O. The van der Waals surface area contributed by atoms with E-state index in [9.17, 15) is 9.90 Å². The van der Waals surface area contributed by atoms with Gasteiger partial charge in [-0.1, -0.05) is 6.07 Å². The summed E-state index contributed by atoms with van der Waals surface area (Å²) in [5.74, 6) is 1.12. The summed E-state index contributed by atoms with van der Waals surface area (Å²) in [6, 6.07) is 5.34. The lowest BCUT2D eigenvalue weighted by Crippen LogP contribution is -2.25. The molecule has 6 nitrogen and oxygen atoms in total. The fourth-order valence-electron chi connectivity index (χ4n) is 2.84. The molecule has 2 aromatic rings. The van der Waals surface area contributed by atoms with Crippen LogP contribution >= 0.6 is 0 Å². The molecule has 0 saturated carbocycles. The van der Waals surface area contributed by atoms with E-state index in [1.54, 1.807) is 18.3 Å². The molecule has 0 aliphatic carbocycles. The molecule has 1 atom stereocenters. The fourth-order valence-corrected chi connectivity index (χ4v) is 2.84. The second-order valence-corrected chi connectivity index (χ2v) is 5.72. The zero-order valence-electron chi connectivity index (χ0n) is 12.8. The summed E-state index contributed by atoms with van der Waals surface area (Å²) in [6.45, 7) is 4.04. The normalized spacial score (nSPS) is 17.3. The molecule has 1 amide bonds. The van der Waals surface area contributed by atoms with Gasteiger partial charge in [0.2, 0.25) is 5.91 Å². The number of nitrogens with zero attached hydrogens (tertiary/aromatic N) is 2. The number of carbonyl (C=O) groups excluding carboxylic acids is 1. The lowest BCUT2D eigenvalue weighted by Gasteiger charge is -2.25. The van der Waals surface area contributed by atoms with E-state index in [1.807, 2.05) is 24.6 Å². The van der Waals surface area contributed by atoms with Crippen molar-refractivity contribution in [2.45, 2.75) is 32.2 Å². The van der Waals surface area contributed by atoms with Crippen molar-refractivity contribution in [2.75, 3.05) is 12.4 Å². The van der Waals surface area contributed by atoms with Crippen LogP contribution in [0, 0.1) is 0 Å². The van der Waals surface area contributed by atoms with Crippen LogP contribution in [0.2, 0.25) is 0 Å². The standard InChI is InChI=1S/C16H19N3O3/c1-9(2)19-16-12(8-17-19)11(7-15(21)18-16)10-4-5-13(20)14(6-10)22-3/h4-6,8-9,11,20H,7H2,1-3H3,(H,18,21)/t11-/m0/s1. The van der Waals surface area contributed by atoms with Crippen molar-refractivity contribution < 1.29 is 14.6 Å². The number of carbonyl (C=O) groups is 1. The molecule has 0 spiro atoms. The Morgan fingerprint density at radius 2 is 2.23 bits per heavy atom. The summed E-state index contributed by atoms with van der Waals surface area (Å²) in [4.78, 5) is 12.1. The van der Waals surface area contributed by atoms with Crippen LogP contribution in [0.4, 0.5) is 5.82 Å². The minimum Gasteiger partial charge on any atom is -0.504 e. The molecule has 3 rings (SSSR count). The largest absolute Gasteiger partial charge is 0.504 e. The number of hydrogen-bond donors (Lipinski definition) is 2. The molecule has 2 heterocycles. The molecule has 2 N–H and O–H groups in total. The van der Waals surface area contributed by atoms with E-state index in [4.69, 9.17) is 4.74 Å². The number of phenolic OH excluding ortho intramolecular Hbond substituents is 1. The average molecular weight is 301 g/mol. The van der Waals surface area contributed by atoms with Gasteiger partial charge in [-0.15, -0.1) is 0 Å². The number of ether oxygens (including phenoxy) is 1. The zero-order chi connectivity index (χ0) is 15.9. The predicted molar refractivity (Wildman–Crippen MR) is 82.4 cm³/mol. The Kier molecular flexibility index (Phi) is 3.52. The molecular formula is C16H19N3O3. The molecular weight excluding hydrogens is 282 g/mol. The number of rotatable bonds is 3. The van der Waals surface area contributed by atoms with Gasteiger partial charge >= 0.3 is 0 Å². The smallest absolute Gasteiger partial charge is 0.226 e. The van der Waals surface area contributed by atoms with Gasteiger partial charge in [-0.25, -0.2) is 4.68 Å². The Morgan fingerprint density at radius 3 is 2.91 bits per heavy atom. The van der Waals surface area contributed by atoms with E-state index >= 15 is 0 Å². The van der Waals surface area contributed by atoms with Gasteiger partial charge in [0.1, 0.15) is 5.82 Å². The van der Waals surface area contributed by atoms with Crippen LogP contribution in [0.5, 0.6) is 11.5 Å². The highest BCUT2D eigenvalue weighted by molar-refractivity contribution is 5.94. The third-order valence-corrected chi connectivity index (χ3v) is 3.94. The van der Waals surface area contributed by atoms with Gasteiger partial charge in [0, 0.05) is 23.9 Å². The fraction of sp³-hybridized carbons (Fsp3) is 0.375. The van der Waals surface area contributed by atoms with Crippen molar-refractivity contribution in [3.8, 4) is 11.5 Å². The first-order valence-electron chi connectivity index (χ1n) is 7.25. The highest BCUT2D eigenvalue weighted by atomic mass is 16.5. The molecule has 22 heavy (non-hydrogen) atoms. The molecule has 0 fully saturated rings. The van der Waals surface area contributed by atoms with Crippen LogP contribution < -0.4 is 10.1 Å². The lowest BCUT2D eigenvalue weighted by molar-refractivity contribution is -0.116. The molecule has 1 aliphatic rings. The Hall–Kier alpha value is -2.50. The molecule has 6 heteroatoms. The second kappa shape index (κ2) is 5.36. The first kappa shape index (κ1) is 14.4. The van der Waals surface area contributed by atoms with Gasteiger partial charge in [0.15, 0.2) is 11.5 Å². The highest BCUT2D eigenvalue weighted by Gasteiger charge is 2.30. The van der Waals surface area contributed by atoms with Gasteiger partial charge in [-0.2, -0.15) is 5.10 Å². The van der Waals surface area contributed by atoms with Gasteiger partial charge in [-0.05, 0) is 31.5 Å². The Morgan fingerprint density at radius 1 is 1.45 bits per heavy atom. The first-order chi connectivity index (χ1) is 10.5. The van der Waals surface area contributed by atoms with Crippen molar-refractivity contribution in [1.82, 2.24) is 9.78 Å². The number of phenols is 1.